The van der Waals surface area contributed by atoms with Crippen LogP contribution in [0.3, 0.4) is 0 Å². The third kappa shape index (κ3) is 4.46. The Morgan fingerprint density at radius 3 is 2.50 bits per heavy atom. The van der Waals surface area contributed by atoms with Crippen molar-refractivity contribution in [1.82, 2.24) is 19.8 Å². The fraction of sp³-hybridized carbons (Fsp3) is 0.800. The van der Waals surface area contributed by atoms with Crippen molar-refractivity contribution in [3.05, 3.63) is 12.3 Å². The summed E-state index contributed by atoms with van der Waals surface area (Å²) in [7, 11) is 2.24. The Balaban J connectivity index is 1.32. The Hall–Kier alpha value is -1.40. The van der Waals surface area contributed by atoms with Crippen LogP contribution in [0.1, 0.15) is 44.9 Å². The molecule has 26 heavy (non-hydrogen) atoms. The van der Waals surface area contributed by atoms with Crippen LogP contribution in [0.4, 0.5) is 11.8 Å². The van der Waals surface area contributed by atoms with Crippen molar-refractivity contribution in [2.45, 2.75) is 57.0 Å². The molecule has 1 atom stereocenters. The monoisotopic (exact) mass is 358 g/mol. The standard InChI is InChI=1S/C20H34N6/c1-24-13-8-18(9-14-24)26-15-7-17(16-26)22-20-21-10-6-19(23-20)25-11-4-2-3-5-12-25/h6,10,17-18H,2-5,7-9,11-16H2,1H3,(H,21,22,23). The highest BCUT2D eigenvalue weighted by Crippen LogP contribution is 2.23. The fourth-order valence-corrected chi connectivity index (χ4v) is 4.67. The molecule has 6 heteroatoms. The van der Waals surface area contributed by atoms with Crippen LogP contribution >= 0.6 is 0 Å². The molecule has 0 saturated carbocycles. The van der Waals surface area contributed by atoms with E-state index in [1.165, 1.54) is 64.6 Å². The van der Waals surface area contributed by atoms with Crippen LogP contribution in [0, 0.1) is 0 Å². The number of nitrogens with one attached hydrogen (secondary N) is 1. The summed E-state index contributed by atoms with van der Waals surface area (Å²) in [6, 6.07) is 3.31. The molecule has 4 rings (SSSR count). The number of aromatic nitrogens is 2. The van der Waals surface area contributed by atoms with Gasteiger partial charge in [-0.3, -0.25) is 4.90 Å². The average Bonchev–Trinajstić information content (AvgIpc) is 2.95. The molecule has 3 saturated heterocycles. The molecule has 4 heterocycles. The number of hydrogen-bond donors (Lipinski definition) is 1. The van der Waals surface area contributed by atoms with Gasteiger partial charge in [0.15, 0.2) is 0 Å². The van der Waals surface area contributed by atoms with Crippen molar-refractivity contribution in [3.63, 3.8) is 0 Å². The normalized spacial score (nSPS) is 26.8. The van der Waals surface area contributed by atoms with Gasteiger partial charge in [0.05, 0.1) is 0 Å². The van der Waals surface area contributed by atoms with Crippen molar-refractivity contribution in [2.24, 2.45) is 0 Å². The highest BCUT2D eigenvalue weighted by molar-refractivity contribution is 5.43. The van der Waals surface area contributed by atoms with E-state index < -0.39 is 0 Å². The maximum absolute atomic E-state index is 4.83. The molecule has 6 nitrogen and oxygen atoms in total. The minimum absolute atomic E-state index is 0.481. The topological polar surface area (TPSA) is 47.5 Å². The summed E-state index contributed by atoms with van der Waals surface area (Å²) in [5, 5.41) is 3.61. The van der Waals surface area contributed by atoms with E-state index in [1.54, 1.807) is 0 Å². The molecule has 0 bridgehead atoms. The number of likely N-dealkylation sites (tertiary alicyclic amines) is 2. The van der Waals surface area contributed by atoms with E-state index in [4.69, 9.17) is 4.98 Å². The zero-order chi connectivity index (χ0) is 17.8. The van der Waals surface area contributed by atoms with E-state index in [-0.39, 0.29) is 0 Å². The van der Waals surface area contributed by atoms with Gasteiger partial charge in [-0.1, -0.05) is 12.8 Å². The van der Waals surface area contributed by atoms with Gasteiger partial charge in [0, 0.05) is 44.5 Å². The molecular formula is C20H34N6. The van der Waals surface area contributed by atoms with Gasteiger partial charge in [0.1, 0.15) is 5.82 Å². The third-order valence-electron chi connectivity index (χ3n) is 6.33. The molecule has 1 unspecified atom stereocenters. The van der Waals surface area contributed by atoms with E-state index >= 15 is 0 Å². The van der Waals surface area contributed by atoms with Gasteiger partial charge < -0.3 is 15.1 Å². The summed E-state index contributed by atoms with van der Waals surface area (Å²) >= 11 is 0. The fourth-order valence-electron chi connectivity index (χ4n) is 4.67. The molecule has 3 aliphatic rings. The maximum Gasteiger partial charge on any atom is 0.224 e. The number of hydrogen-bond acceptors (Lipinski definition) is 6. The van der Waals surface area contributed by atoms with E-state index in [0.717, 1.165) is 37.4 Å². The van der Waals surface area contributed by atoms with Crippen LogP contribution in [0.15, 0.2) is 12.3 Å². The van der Waals surface area contributed by atoms with E-state index in [1.807, 2.05) is 6.20 Å². The van der Waals surface area contributed by atoms with Gasteiger partial charge in [-0.05, 0) is 58.3 Å². The molecule has 144 valence electrons. The molecule has 0 radical (unpaired) electrons. The average molecular weight is 359 g/mol. The third-order valence-corrected chi connectivity index (χ3v) is 6.33. The highest BCUT2D eigenvalue weighted by Gasteiger charge is 2.30. The molecule has 0 aromatic carbocycles. The molecule has 1 aromatic heterocycles. The van der Waals surface area contributed by atoms with Crippen LogP contribution in [0.2, 0.25) is 0 Å². The van der Waals surface area contributed by atoms with Crippen LogP contribution in [-0.4, -0.2) is 78.2 Å². The number of anilines is 2. The summed E-state index contributed by atoms with van der Waals surface area (Å²) in [5.74, 6) is 1.90. The molecule has 3 fully saturated rings. The lowest BCUT2D eigenvalue weighted by Crippen LogP contribution is -2.43. The lowest BCUT2D eigenvalue weighted by Gasteiger charge is -2.35. The van der Waals surface area contributed by atoms with Crippen LogP contribution in [0.5, 0.6) is 0 Å². The van der Waals surface area contributed by atoms with Crippen LogP contribution < -0.4 is 10.2 Å². The molecule has 0 spiro atoms. The second kappa shape index (κ2) is 8.53. The van der Waals surface area contributed by atoms with Crippen molar-refractivity contribution in [2.75, 3.05) is 56.5 Å². The summed E-state index contributed by atoms with van der Waals surface area (Å²) in [4.78, 5) is 16.9. The molecule has 0 amide bonds. The predicted molar refractivity (Wildman–Crippen MR) is 107 cm³/mol. The Bertz CT molecular complexity index is 563. The molecule has 1 aromatic rings. The van der Waals surface area contributed by atoms with Crippen molar-refractivity contribution < 1.29 is 0 Å². The Labute approximate surface area is 158 Å². The number of rotatable bonds is 4. The summed E-state index contributed by atoms with van der Waals surface area (Å²) in [5.41, 5.74) is 0. The zero-order valence-electron chi connectivity index (χ0n) is 16.2. The quantitative estimate of drug-likeness (QED) is 0.892. The molecule has 0 aliphatic carbocycles. The van der Waals surface area contributed by atoms with Gasteiger partial charge in [-0.2, -0.15) is 4.98 Å². The Morgan fingerprint density at radius 2 is 1.73 bits per heavy atom. The van der Waals surface area contributed by atoms with Crippen molar-refractivity contribution >= 4 is 11.8 Å². The second-order valence-electron chi connectivity index (χ2n) is 8.30. The minimum Gasteiger partial charge on any atom is -0.356 e. The largest absolute Gasteiger partial charge is 0.356 e. The van der Waals surface area contributed by atoms with Crippen molar-refractivity contribution in [3.8, 4) is 0 Å². The van der Waals surface area contributed by atoms with Gasteiger partial charge in [0.25, 0.3) is 0 Å². The Morgan fingerprint density at radius 1 is 0.962 bits per heavy atom. The van der Waals surface area contributed by atoms with E-state index in [0.29, 0.717) is 6.04 Å². The first-order chi connectivity index (χ1) is 12.8. The van der Waals surface area contributed by atoms with Crippen LogP contribution in [-0.2, 0) is 0 Å². The van der Waals surface area contributed by atoms with Crippen LogP contribution in [0.25, 0.3) is 0 Å². The lowest BCUT2D eigenvalue weighted by atomic mass is 10.0. The summed E-state index contributed by atoms with van der Waals surface area (Å²) in [6.45, 7) is 7.07. The van der Waals surface area contributed by atoms with Gasteiger partial charge >= 0.3 is 0 Å². The first kappa shape index (κ1) is 18.0. The highest BCUT2D eigenvalue weighted by atomic mass is 15.3. The molecule has 3 aliphatic heterocycles. The zero-order valence-corrected chi connectivity index (χ0v) is 16.2. The second-order valence-corrected chi connectivity index (χ2v) is 8.30. The molecule has 1 N–H and O–H groups in total. The SMILES string of the molecule is CN1CCC(N2CCC(Nc3nccc(N4CCCCCC4)n3)C2)CC1. The Kier molecular flexibility index (Phi) is 5.90. The predicted octanol–water partition coefficient (Wildman–Crippen LogP) is 2.44. The number of nitrogens with zero attached hydrogens (tertiary/aromatic N) is 5. The summed E-state index contributed by atoms with van der Waals surface area (Å²) < 4.78 is 0. The first-order valence-corrected chi connectivity index (χ1v) is 10.5. The summed E-state index contributed by atoms with van der Waals surface area (Å²) in [6.07, 6.45) is 11.0. The van der Waals surface area contributed by atoms with Gasteiger partial charge in [-0.25, -0.2) is 4.98 Å². The maximum atomic E-state index is 4.83. The van der Waals surface area contributed by atoms with E-state index in [9.17, 15) is 0 Å². The van der Waals surface area contributed by atoms with Crippen molar-refractivity contribution in [1.29, 1.82) is 0 Å². The first-order valence-electron chi connectivity index (χ1n) is 10.5. The van der Waals surface area contributed by atoms with E-state index in [2.05, 4.69) is 38.1 Å². The smallest absolute Gasteiger partial charge is 0.224 e. The minimum atomic E-state index is 0.481. The van der Waals surface area contributed by atoms with Gasteiger partial charge in [-0.15, -0.1) is 0 Å². The van der Waals surface area contributed by atoms with Gasteiger partial charge in [0.2, 0.25) is 5.95 Å². The molecular weight excluding hydrogens is 324 g/mol. The lowest BCUT2D eigenvalue weighted by molar-refractivity contribution is 0.143. The number of piperidine rings is 1.